The number of carbonyl (C=O) groups excluding carboxylic acids is 1. The quantitative estimate of drug-likeness (QED) is 0.514. The molecular formula is C21H18N2O4. The molecule has 0 aliphatic rings. The highest BCUT2D eigenvalue weighted by Gasteiger charge is 2.15. The molecule has 0 aliphatic heterocycles. The topological polar surface area (TPSA) is 81.5 Å². The fraction of sp³-hybridized carbons (Fsp3) is 0.0952. The van der Waals surface area contributed by atoms with E-state index in [4.69, 9.17) is 4.74 Å². The first-order chi connectivity index (χ1) is 13.1. The number of ether oxygens (including phenoxy) is 1. The summed E-state index contributed by atoms with van der Waals surface area (Å²) < 4.78 is 5.70. The summed E-state index contributed by atoms with van der Waals surface area (Å²) in [4.78, 5) is 22.8. The largest absolute Gasteiger partial charge is 0.483 e. The van der Waals surface area contributed by atoms with E-state index in [0.29, 0.717) is 17.0 Å². The Balaban J connectivity index is 1.71. The standard InChI is InChI=1S/C21H18N2O4/c1-15-18(11-7-12-19(15)23(25)26)22-21(24)14-27-20-13-6-5-10-17(20)16-8-3-2-4-9-16/h2-13H,14H2,1H3,(H,22,24). The molecule has 0 saturated heterocycles. The number of nitrogens with one attached hydrogen (secondary N) is 1. The van der Waals surface area contributed by atoms with Crippen LogP contribution in [0.15, 0.2) is 72.8 Å². The van der Waals surface area contributed by atoms with E-state index in [1.54, 1.807) is 19.1 Å². The van der Waals surface area contributed by atoms with Crippen molar-refractivity contribution < 1.29 is 14.5 Å². The van der Waals surface area contributed by atoms with Gasteiger partial charge in [0.25, 0.3) is 11.6 Å². The lowest BCUT2D eigenvalue weighted by Crippen LogP contribution is -2.21. The Hall–Kier alpha value is -3.67. The molecule has 3 rings (SSSR count). The van der Waals surface area contributed by atoms with Gasteiger partial charge in [0.1, 0.15) is 5.75 Å². The molecule has 136 valence electrons. The van der Waals surface area contributed by atoms with Crippen molar-refractivity contribution in [2.75, 3.05) is 11.9 Å². The molecule has 0 radical (unpaired) electrons. The molecule has 0 heterocycles. The zero-order valence-corrected chi connectivity index (χ0v) is 14.7. The third-order valence-corrected chi connectivity index (χ3v) is 4.11. The molecule has 0 atom stereocenters. The molecule has 0 fully saturated rings. The van der Waals surface area contributed by atoms with Crippen LogP contribution in [0, 0.1) is 17.0 Å². The van der Waals surface area contributed by atoms with Crippen molar-refractivity contribution in [3.05, 3.63) is 88.5 Å². The maximum absolute atomic E-state index is 12.3. The zero-order chi connectivity index (χ0) is 19.2. The second-order valence-corrected chi connectivity index (χ2v) is 5.91. The molecule has 0 bridgehead atoms. The Morgan fingerprint density at radius 3 is 2.44 bits per heavy atom. The van der Waals surface area contributed by atoms with Crippen molar-refractivity contribution in [1.82, 2.24) is 0 Å². The summed E-state index contributed by atoms with van der Waals surface area (Å²) >= 11 is 0. The summed E-state index contributed by atoms with van der Waals surface area (Å²) in [5, 5.41) is 13.7. The molecule has 1 N–H and O–H groups in total. The Morgan fingerprint density at radius 1 is 1.00 bits per heavy atom. The predicted octanol–water partition coefficient (Wildman–Crippen LogP) is 4.59. The molecule has 0 spiro atoms. The maximum Gasteiger partial charge on any atom is 0.274 e. The van der Waals surface area contributed by atoms with Gasteiger partial charge in [-0.15, -0.1) is 0 Å². The molecule has 27 heavy (non-hydrogen) atoms. The van der Waals surface area contributed by atoms with Crippen molar-refractivity contribution >= 4 is 17.3 Å². The third kappa shape index (κ3) is 4.30. The highest BCUT2D eigenvalue weighted by atomic mass is 16.6. The van der Waals surface area contributed by atoms with Crippen molar-refractivity contribution in [2.45, 2.75) is 6.92 Å². The zero-order valence-electron chi connectivity index (χ0n) is 14.7. The number of hydrogen-bond donors (Lipinski definition) is 1. The minimum absolute atomic E-state index is 0.0388. The van der Waals surface area contributed by atoms with Crippen LogP contribution < -0.4 is 10.1 Å². The fourth-order valence-corrected chi connectivity index (χ4v) is 2.73. The second-order valence-electron chi connectivity index (χ2n) is 5.91. The number of para-hydroxylation sites is 1. The van der Waals surface area contributed by atoms with Crippen LogP contribution in [0.4, 0.5) is 11.4 Å². The third-order valence-electron chi connectivity index (χ3n) is 4.11. The first-order valence-electron chi connectivity index (χ1n) is 8.37. The number of rotatable bonds is 6. The van der Waals surface area contributed by atoms with Crippen LogP contribution in [0.25, 0.3) is 11.1 Å². The number of hydrogen-bond acceptors (Lipinski definition) is 4. The minimum atomic E-state index is -0.475. The van der Waals surface area contributed by atoms with Crippen molar-refractivity contribution in [3.63, 3.8) is 0 Å². The van der Waals surface area contributed by atoms with Crippen molar-refractivity contribution in [2.24, 2.45) is 0 Å². The van der Waals surface area contributed by atoms with Gasteiger partial charge in [-0.3, -0.25) is 14.9 Å². The SMILES string of the molecule is Cc1c(NC(=O)COc2ccccc2-c2ccccc2)cccc1[N+](=O)[O-]. The number of nitro groups is 1. The first kappa shape index (κ1) is 18.1. The van der Waals surface area contributed by atoms with E-state index in [-0.39, 0.29) is 18.2 Å². The van der Waals surface area contributed by atoms with Gasteiger partial charge in [0.2, 0.25) is 0 Å². The van der Waals surface area contributed by atoms with Crippen LogP contribution >= 0.6 is 0 Å². The second kappa shape index (κ2) is 8.14. The summed E-state index contributed by atoms with van der Waals surface area (Å²) in [5.41, 5.74) is 2.64. The Labute approximate surface area is 156 Å². The van der Waals surface area contributed by atoms with E-state index in [1.807, 2.05) is 48.5 Å². The summed E-state index contributed by atoms with van der Waals surface area (Å²) in [5.74, 6) is 0.205. The molecule has 1 amide bonds. The van der Waals surface area contributed by atoms with Crippen LogP contribution in [-0.4, -0.2) is 17.4 Å². The lowest BCUT2D eigenvalue weighted by atomic mass is 10.1. The molecule has 0 saturated carbocycles. The van der Waals surface area contributed by atoms with Gasteiger partial charge in [-0.2, -0.15) is 0 Å². The molecule has 6 nitrogen and oxygen atoms in total. The van der Waals surface area contributed by atoms with E-state index in [0.717, 1.165) is 11.1 Å². The number of nitro benzene ring substituents is 1. The highest BCUT2D eigenvalue weighted by molar-refractivity contribution is 5.93. The average Bonchev–Trinajstić information content (AvgIpc) is 2.68. The van der Waals surface area contributed by atoms with E-state index < -0.39 is 4.92 Å². The van der Waals surface area contributed by atoms with Gasteiger partial charge in [-0.05, 0) is 24.6 Å². The van der Waals surface area contributed by atoms with Gasteiger partial charge in [0.15, 0.2) is 6.61 Å². The van der Waals surface area contributed by atoms with Crippen molar-refractivity contribution in [3.8, 4) is 16.9 Å². The van der Waals surface area contributed by atoms with Gasteiger partial charge in [0, 0.05) is 11.6 Å². The highest BCUT2D eigenvalue weighted by Crippen LogP contribution is 2.29. The summed E-state index contributed by atoms with van der Waals surface area (Å²) in [6, 6.07) is 21.8. The molecule has 0 aliphatic carbocycles. The van der Waals surface area contributed by atoms with E-state index in [1.165, 1.54) is 12.1 Å². The molecular weight excluding hydrogens is 344 g/mol. The first-order valence-corrected chi connectivity index (χ1v) is 8.37. The van der Waals surface area contributed by atoms with Gasteiger partial charge < -0.3 is 10.1 Å². The molecule has 6 heteroatoms. The van der Waals surface area contributed by atoms with Gasteiger partial charge in [0.05, 0.1) is 16.2 Å². The number of nitrogens with zero attached hydrogens (tertiary/aromatic N) is 1. The molecule has 0 aromatic heterocycles. The van der Waals surface area contributed by atoms with Crippen molar-refractivity contribution in [1.29, 1.82) is 0 Å². The minimum Gasteiger partial charge on any atom is -0.483 e. The number of benzene rings is 3. The monoisotopic (exact) mass is 362 g/mol. The fourth-order valence-electron chi connectivity index (χ4n) is 2.73. The Bertz CT molecular complexity index is 971. The number of amides is 1. The molecule has 3 aromatic rings. The van der Waals surface area contributed by atoms with Gasteiger partial charge >= 0.3 is 0 Å². The van der Waals surface area contributed by atoms with Crippen LogP contribution in [0.5, 0.6) is 5.75 Å². The van der Waals surface area contributed by atoms with Gasteiger partial charge in [-0.1, -0.05) is 54.6 Å². The Kier molecular flexibility index (Phi) is 5.47. The van der Waals surface area contributed by atoms with E-state index in [9.17, 15) is 14.9 Å². The Morgan fingerprint density at radius 2 is 1.70 bits per heavy atom. The van der Waals surface area contributed by atoms with Crippen LogP contribution in [0.1, 0.15) is 5.56 Å². The van der Waals surface area contributed by atoms with Crippen LogP contribution in [-0.2, 0) is 4.79 Å². The maximum atomic E-state index is 12.3. The smallest absolute Gasteiger partial charge is 0.274 e. The van der Waals surface area contributed by atoms with E-state index in [2.05, 4.69) is 5.32 Å². The number of carbonyl (C=O) groups is 1. The molecule has 3 aromatic carbocycles. The summed E-state index contributed by atoms with van der Waals surface area (Å²) in [7, 11) is 0. The predicted molar refractivity (Wildman–Crippen MR) is 104 cm³/mol. The normalized spacial score (nSPS) is 10.3. The van der Waals surface area contributed by atoms with Crippen LogP contribution in [0.3, 0.4) is 0 Å². The lowest BCUT2D eigenvalue weighted by Gasteiger charge is -2.12. The number of anilines is 1. The van der Waals surface area contributed by atoms with E-state index >= 15 is 0 Å². The lowest BCUT2D eigenvalue weighted by molar-refractivity contribution is -0.385. The summed E-state index contributed by atoms with van der Waals surface area (Å²) in [6.07, 6.45) is 0. The summed E-state index contributed by atoms with van der Waals surface area (Å²) in [6.45, 7) is 1.39. The average molecular weight is 362 g/mol. The molecule has 0 unspecified atom stereocenters. The van der Waals surface area contributed by atoms with Crippen LogP contribution in [0.2, 0.25) is 0 Å². The van der Waals surface area contributed by atoms with Gasteiger partial charge in [-0.25, -0.2) is 0 Å².